The lowest BCUT2D eigenvalue weighted by atomic mass is 9.83. The van der Waals surface area contributed by atoms with Gasteiger partial charge in [-0.1, -0.05) is 13.8 Å². The maximum atomic E-state index is 13.4. The van der Waals surface area contributed by atoms with Crippen molar-refractivity contribution in [2.45, 2.75) is 38.8 Å². The first-order valence-corrected chi connectivity index (χ1v) is 6.72. The van der Waals surface area contributed by atoms with Gasteiger partial charge in [-0.3, -0.25) is 0 Å². The highest BCUT2D eigenvalue weighted by atomic mass is 19.1. The molecule has 1 aromatic carbocycles. The second-order valence-electron chi connectivity index (χ2n) is 5.30. The van der Waals surface area contributed by atoms with E-state index < -0.39 is 11.6 Å². The second-order valence-corrected chi connectivity index (χ2v) is 5.30. The fourth-order valence-electron chi connectivity index (χ4n) is 2.42. The monoisotopic (exact) mass is 270 g/mol. The lowest BCUT2D eigenvalue weighted by Gasteiger charge is -2.43. The van der Waals surface area contributed by atoms with Gasteiger partial charge in [-0.15, -0.1) is 0 Å². The Bertz CT molecular complexity index is 400. The molecule has 4 heteroatoms. The molecule has 2 nitrogen and oxygen atoms in total. The van der Waals surface area contributed by atoms with E-state index in [0.717, 1.165) is 19.0 Å². The first-order chi connectivity index (χ1) is 8.85. The molecular formula is C15H24F2N2. The number of benzene rings is 1. The summed E-state index contributed by atoms with van der Waals surface area (Å²) in [5.74, 6) is -1.06. The third kappa shape index (κ3) is 3.51. The van der Waals surface area contributed by atoms with Gasteiger partial charge in [0.25, 0.3) is 0 Å². The van der Waals surface area contributed by atoms with Gasteiger partial charge in [-0.05, 0) is 51.7 Å². The van der Waals surface area contributed by atoms with Crippen molar-refractivity contribution in [3.63, 3.8) is 0 Å². The molecule has 0 bridgehead atoms. The van der Waals surface area contributed by atoms with Gasteiger partial charge < -0.3 is 10.2 Å². The van der Waals surface area contributed by atoms with E-state index in [1.165, 1.54) is 12.1 Å². The van der Waals surface area contributed by atoms with Crippen molar-refractivity contribution in [3.8, 4) is 0 Å². The summed E-state index contributed by atoms with van der Waals surface area (Å²) in [4.78, 5) is 2.10. The summed E-state index contributed by atoms with van der Waals surface area (Å²) in [6.07, 6.45) is 0.871. The molecule has 0 aliphatic carbocycles. The first-order valence-electron chi connectivity index (χ1n) is 6.72. The average molecular weight is 270 g/mol. The average Bonchev–Trinajstić information content (AvgIpc) is 2.33. The third-order valence-electron chi connectivity index (χ3n) is 3.99. The van der Waals surface area contributed by atoms with Crippen molar-refractivity contribution >= 4 is 0 Å². The summed E-state index contributed by atoms with van der Waals surface area (Å²) in [5.41, 5.74) is 0.438. The lowest BCUT2D eigenvalue weighted by Crippen LogP contribution is -2.51. The molecular weight excluding hydrogens is 246 g/mol. The van der Waals surface area contributed by atoms with Crippen molar-refractivity contribution in [3.05, 3.63) is 35.4 Å². The van der Waals surface area contributed by atoms with Gasteiger partial charge in [-0.25, -0.2) is 8.78 Å². The predicted octanol–water partition coefficient (Wildman–Crippen LogP) is 3.35. The summed E-state index contributed by atoms with van der Waals surface area (Å²) >= 11 is 0. The van der Waals surface area contributed by atoms with Crippen LogP contribution >= 0.6 is 0 Å². The van der Waals surface area contributed by atoms with Crippen LogP contribution in [0, 0.1) is 11.6 Å². The van der Waals surface area contributed by atoms with Crippen LogP contribution in [0.3, 0.4) is 0 Å². The molecule has 1 N–H and O–H groups in total. The molecule has 0 spiro atoms. The highest BCUT2D eigenvalue weighted by molar-refractivity contribution is 5.25. The molecule has 2 unspecified atom stereocenters. The van der Waals surface area contributed by atoms with Crippen LogP contribution in [0.4, 0.5) is 8.78 Å². The number of hydrogen-bond donors (Lipinski definition) is 1. The van der Waals surface area contributed by atoms with E-state index in [4.69, 9.17) is 0 Å². The summed E-state index contributed by atoms with van der Waals surface area (Å²) in [7, 11) is 3.98. The highest BCUT2D eigenvalue weighted by Crippen LogP contribution is 2.33. The summed E-state index contributed by atoms with van der Waals surface area (Å²) < 4.78 is 26.9. The van der Waals surface area contributed by atoms with E-state index in [-0.39, 0.29) is 11.6 Å². The third-order valence-corrected chi connectivity index (χ3v) is 3.99. The molecule has 0 saturated heterocycles. The Hall–Kier alpha value is -1.00. The minimum Gasteiger partial charge on any atom is -0.309 e. The van der Waals surface area contributed by atoms with Gasteiger partial charge in [0.2, 0.25) is 0 Å². The van der Waals surface area contributed by atoms with E-state index in [2.05, 4.69) is 24.1 Å². The number of hydrogen-bond acceptors (Lipinski definition) is 2. The number of rotatable bonds is 6. The van der Waals surface area contributed by atoms with Crippen LogP contribution in [0.25, 0.3) is 0 Å². The van der Waals surface area contributed by atoms with E-state index in [1.54, 1.807) is 0 Å². The van der Waals surface area contributed by atoms with E-state index >= 15 is 0 Å². The minimum atomic E-state index is -0.532. The summed E-state index contributed by atoms with van der Waals surface area (Å²) in [6.45, 7) is 6.92. The Morgan fingerprint density at radius 3 is 2.05 bits per heavy atom. The Labute approximate surface area is 114 Å². The molecule has 0 aliphatic rings. The number of nitrogens with one attached hydrogen (secondary N) is 1. The van der Waals surface area contributed by atoms with Gasteiger partial charge in [0.1, 0.15) is 11.6 Å². The number of halogens is 2. The van der Waals surface area contributed by atoms with Crippen LogP contribution in [0.15, 0.2) is 18.2 Å². The van der Waals surface area contributed by atoms with E-state index in [0.29, 0.717) is 5.56 Å². The molecule has 0 fully saturated rings. The van der Waals surface area contributed by atoms with Gasteiger partial charge in [0.05, 0.1) is 6.04 Å². The Balaban J connectivity index is 3.26. The molecule has 0 aliphatic heterocycles. The van der Waals surface area contributed by atoms with Crippen molar-refractivity contribution in [1.82, 2.24) is 10.2 Å². The largest absolute Gasteiger partial charge is 0.309 e. The van der Waals surface area contributed by atoms with Crippen molar-refractivity contribution in [2.24, 2.45) is 0 Å². The van der Waals surface area contributed by atoms with Crippen LogP contribution in [0.1, 0.15) is 38.8 Å². The molecule has 0 amide bonds. The first kappa shape index (κ1) is 16.1. The minimum absolute atomic E-state index is 0.123. The van der Waals surface area contributed by atoms with E-state index in [1.807, 2.05) is 21.0 Å². The Morgan fingerprint density at radius 2 is 1.68 bits per heavy atom. The topological polar surface area (TPSA) is 15.3 Å². The van der Waals surface area contributed by atoms with Crippen molar-refractivity contribution < 1.29 is 8.78 Å². The molecule has 1 aromatic rings. The number of likely N-dealkylation sites (N-methyl/N-ethyl adjacent to an activating group) is 2. The normalized spacial score (nSPS) is 16.4. The molecule has 0 heterocycles. The molecule has 108 valence electrons. The molecule has 0 radical (unpaired) electrons. The SMILES string of the molecule is CCNC(c1cc(F)cc(F)c1)C(C)(CC)N(C)C. The van der Waals surface area contributed by atoms with Gasteiger partial charge in [0, 0.05) is 11.6 Å². The van der Waals surface area contributed by atoms with Crippen molar-refractivity contribution in [2.75, 3.05) is 20.6 Å². The van der Waals surface area contributed by atoms with Gasteiger partial charge >= 0.3 is 0 Å². The maximum Gasteiger partial charge on any atom is 0.126 e. The van der Waals surface area contributed by atoms with Crippen LogP contribution in [0.2, 0.25) is 0 Å². The Kier molecular flexibility index (Phi) is 5.44. The standard InChI is InChI=1S/C15H24F2N2/c1-6-15(3,19(4)5)14(18-7-2)11-8-12(16)10-13(17)9-11/h8-10,14,18H,6-7H2,1-5H3. The van der Waals surface area contributed by atoms with Crippen LogP contribution < -0.4 is 5.32 Å². The van der Waals surface area contributed by atoms with Crippen LogP contribution in [0.5, 0.6) is 0 Å². The summed E-state index contributed by atoms with van der Waals surface area (Å²) in [5, 5.41) is 3.35. The second kappa shape index (κ2) is 6.44. The lowest BCUT2D eigenvalue weighted by molar-refractivity contribution is 0.113. The molecule has 1 rings (SSSR count). The fraction of sp³-hybridized carbons (Fsp3) is 0.600. The molecule has 0 saturated carbocycles. The summed E-state index contributed by atoms with van der Waals surface area (Å²) in [6, 6.07) is 3.61. The van der Waals surface area contributed by atoms with E-state index in [9.17, 15) is 8.78 Å². The molecule has 0 aromatic heterocycles. The fourth-order valence-corrected chi connectivity index (χ4v) is 2.42. The van der Waals surface area contributed by atoms with Gasteiger partial charge in [0.15, 0.2) is 0 Å². The predicted molar refractivity (Wildman–Crippen MR) is 75.2 cm³/mol. The molecule has 19 heavy (non-hydrogen) atoms. The number of nitrogens with zero attached hydrogens (tertiary/aromatic N) is 1. The van der Waals surface area contributed by atoms with Gasteiger partial charge in [-0.2, -0.15) is 0 Å². The zero-order valence-electron chi connectivity index (χ0n) is 12.4. The highest BCUT2D eigenvalue weighted by Gasteiger charge is 2.35. The zero-order valence-corrected chi connectivity index (χ0v) is 12.4. The van der Waals surface area contributed by atoms with Crippen molar-refractivity contribution in [1.29, 1.82) is 0 Å². The smallest absolute Gasteiger partial charge is 0.126 e. The van der Waals surface area contributed by atoms with Crippen LogP contribution in [-0.2, 0) is 0 Å². The Morgan fingerprint density at radius 1 is 1.16 bits per heavy atom. The quantitative estimate of drug-likeness (QED) is 0.853. The van der Waals surface area contributed by atoms with Crippen LogP contribution in [-0.4, -0.2) is 31.1 Å². The molecule has 2 atom stereocenters. The maximum absolute atomic E-state index is 13.4. The zero-order chi connectivity index (χ0) is 14.6.